The summed E-state index contributed by atoms with van der Waals surface area (Å²) in [5.74, 6) is 0.871. The van der Waals surface area contributed by atoms with Gasteiger partial charge in [-0.25, -0.2) is 0 Å². The summed E-state index contributed by atoms with van der Waals surface area (Å²) < 4.78 is 2.47. The van der Waals surface area contributed by atoms with Crippen LogP contribution >= 0.6 is 0 Å². The first-order valence-electron chi connectivity index (χ1n) is 21.4. The number of hydrogen-bond donors (Lipinski definition) is 0. The molecular formula is C58H46N2. The molecule has 60 heavy (non-hydrogen) atoms. The van der Waals surface area contributed by atoms with Gasteiger partial charge in [0, 0.05) is 44.9 Å². The van der Waals surface area contributed by atoms with Gasteiger partial charge in [0.25, 0.3) is 0 Å². The Bertz CT molecular complexity index is 3270. The van der Waals surface area contributed by atoms with Crippen LogP contribution in [0.5, 0.6) is 0 Å². The highest BCUT2D eigenvalue weighted by atomic mass is 15.1. The molecule has 0 bridgehead atoms. The van der Waals surface area contributed by atoms with Crippen molar-refractivity contribution in [3.63, 3.8) is 0 Å². The van der Waals surface area contributed by atoms with Crippen LogP contribution < -0.4 is 4.90 Å². The van der Waals surface area contributed by atoms with Crippen molar-refractivity contribution in [1.82, 2.24) is 4.57 Å². The highest BCUT2D eigenvalue weighted by Crippen LogP contribution is 2.55. The summed E-state index contributed by atoms with van der Waals surface area (Å²) in [5, 5.41) is 5.17. The Labute approximate surface area is 352 Å². The largest absolute Gasteiger partial charge is 0.310 e. The highest BCUT2D eigenvalue weighted by molar-refractivity contribution is 6.21. The number of anilines is 3. The van der Waals surface area contributed by atoms with E-state index in [0.29, 0.717) is 11.8 Å². The maximum atomic E-state index is 2.48. The van der Waals surface area contributed by atoms with Gasteiger partial charge < -0.3 is 9.47 Å². The van der Waals surface area contributed by atoms with E-state index in [2.05, 4.69) is 231 Å². The van der Waals surface area contributed by atoms with Crippen molar-refractivity contribution in [3.05, 3.63) is 216 Å². The summed E-state index contributed by atoms with van der Waals surface area (Å²) in [6.07, 6.45) is 9.26. The number of nitrogens with zero attached hydrogens (tertiary/aromatic N) is 2. The van der Waals surface area contributed by atoms with Crippen molar-refractivity contribution >= 4 is 49.6 Å². The van der Waals surface area contributed by atoms with E-state index in [9.17, 15) is 0 Å². The van der Waals surface area contributed by atoms with Gasteiger partial charge in [-0.15, -0.1) is 0 Å². The van der Waals surface area contributed by atoms with Gasteiger partial charge in [0.2, 0.25) is 0 Å². The molecule has 3 aliphatic rings. The van der Waals surface area contributed by atoms with Gasteiger partial charge in [-0.1, -0.05) is 161 Å². The van der Waals surface area contributed by atoms with Crippen LogP contribution in [0.3, 0.4) is 0 Å². The van der Waals surface area contributed by atoms with Crippen molar-refractivity contribution in [2.75, 3.05) is 4.90 Å². The normalized spacial score (nSPS) is 17.8. The van der Waals surface area contributed by atoms with Crippen LogP contribution in [0.15, 0.2) is 194 Å². The first-order chi connectivity index (χ1) is 29.3. The Morgan fingerprint density at radius 2 is 1.12 bits per heavy atom. The molecule has 0 saturated carbocycles. The van der Waals surface area contributed by atoms with Crippen molar-refractivity contribution in [2.24, 2.45) is 5.92 Å². The monoisotopic (exact) mass is 770 g/mol. The summed E-state index contributed by atoms with van der Waals surface area (Å²) in [7, 11) is 0. The molecule has 0 amide bonds. The fourth-order valence-corrected chi connectivity index (χ4v) is 11.2. The minimum atomic E-state index is -0.223. The van der Waals surface area contributed by atoms with Gasteiger partial charge in [0.15, 0.2) is 0 Å². The topological polar surface area (TPSA) is 8.17 Å². The number of benzene rings is 8. The first kappa shape index (κ1) is 35.1. The molecule has 0 radical (unpaired) electrons. The minimum absolute atomic E-state index is 0.0167. The number of fused-ring (bicyclic) bond motifs is 11. The SMILES string of the molecule is CC1(C)c2cc(N(c3ccc(-c4ccccc4)cc3)c3ccc4c(c3)C(C)(C)C3C=CC=CC43)ccc2-c2ccc(-n3c4ccccc4c4c5ccccc5ccc43)cc21. The third-order valence-corrected chi connectivity index (χ3v) is 14.3. The standard InChI is InChI=1S/C58H46N2/c1-57(2)50-20-12-10-18-45(50)46-30-27-41(34-51(46)57)59(40-25-22-38(23-26-40)37-14-6-5-7-15-37)42-28-31-47-48-32-29-43(36-53(48)58(3,4)52(47)35-42)60-54-21-13-11-19-49(54)56-44-17-9-8-16-39(44)24-33-55(56)60/h5-36,45,50H,1-4H3. The second kappa shape index (κ2) is 12.8. The van der Waals surface area contributed by atoms with Gasteiger partial charge in [0.1, 0.15) is 0 Å². The Hall–Kier alpha value is -6.90. The molecule has 12 rings (SSSR count). The zero-order valence-electron chi connectivity index (χ0n) is 34.5. The summed E-state index contributed by atoms with van der Waals surface area (Å²) in [6.45, 7) is 9.66. The van der Waals surface area contributed by atoms with Crippen LogP contribution in [-0.2, 0) is 10.8 Å². The molecule has 1 heterocycles. The highest BCUT2D eigenvalue weighted by Gasteiger charge is 2.45. The molecule has 2 unspecified atom stereocenters. The fourth-order valence-electron chi connectivity index (χ4n) is 11.2. The lowest BCUT2D eigenvalue weighted by molar-refractivity contribution is 0.394. The number of rotatable bonds is 5. The molecule has 0 fully saturated rings. The molecule has 1 aromatic heterocycles. The summed E-state index contributed by atoms with van der Waals surface area (Å²) >= 11 is 0. The summed E-state index contributed by atoms with van der Waals surface area (Å²) in [5.41, 5.74) is 17.7. The van der Waals surface area contributed by atoms with E-state index in [4.69, 9.17) is 0 Å². The minimum Gasteiger partial charge on any atom is -0.310 e. The van der Waals surface area contributed by atoms with Gasteiger partial charge in [0.05, 0.1) is 11.0 Å². The van der Waals surface area contributed by atoms with Crippen LogP contribution in [-0.4, -0.2) is 4.57 Å². The second-order valence-electron chi connectivity index (χ2n) is 18.2. The van der Waals surface area contributed by atoms with E-state index in [1.54, 1.807) is 0 Å². The molecule has 2 heteroatoms. The molecular weight excluding hydrogens is 725 g/mol. The smallest absolute Gasteiger partial charge is 0.0547 e. The Balaban J connectivity index is 0.992. The quantitative estimate of drug-likeness (QED) is 0.169. The molecule has 0 aliphatic heterocycles. The fraction of sp³-hybridized carbons (Fsp3) is 0.138. The Kier molecular flexibility index (Phi) is 7.48. The van der Waals surface area contributed by atoms with E-state index in [0.717, 1.165) is 5.69 Å². The van der Waals surface area contributed by atoms with Gasteiger partial charge in [-0.2, -0.15) is 0 Å². The first-order valence-corrected chi connectivity index (χ1v) is 21.4. The number of hydrogen-bond acceptors (Lipinski definition) is 1. The third kappa shape index (κ3) is 5.00. The number of aromatic nitrogens is 1. The van der Waals surface area contributed by atoms with Crippen molar-refractivity contribution in [2.45, 2.75) is 44.4 Å². The van der Waals surface area contributed by atoms with Crippen LogP contribution in [0.4, 0.5) is 17.1 Å². The maximum absolute atomic E-state index is 2.48. The molecule has 2 nitrogen and oxygen atoms in total. The van der Waals surface area contributed by atoms with E-state index >= 15 is 0 Å². The Morgan fingerprint density at radius 3 is 1.93 bits per heavy atom. The van der Waals surface area contributed by atoms with Crippen molar-refractivity contribution in [3.8, 4) is 27.9 Å². The van der Waals surface area contributed by atoms with Crippen molar-refractivity contribution in [1.29, 1.82) is 0 Å². The molecule has 0 saturated heterocycles. The van der Waals surface area contributed by atoms with E-state index in [-0.39, 0.29) is 10.8 Å². The molecule has 8 aromatic carbocycles. The maximum Gasteiger partial charge on any atom is 0.0547 e. The molecule has 0 N–H and O–H groups in total. The van der Waals surface area contributed by atoms with Crippen LogP contribution in [0.1, 0.15) is 55.9 Å². The van der Waals surface area contributed by atoms with Crippen LogP contribution in [0.25, 0.3) is 60.5 Å². The van der Waals surface area contributed by atoms with E-state index in [1.807, 2.05) is 0 Å². The molecule has 288 valence electrons. The van der Waals surface area contributed by atoms with Crippen LogP contribution in [0, 0.1) is 5.92 Å². The molecule has 3 aliphatic carbocycles. The summed E-state index contributed by atoms with van der Waals surface area (Å²) in [4.78, 5) is 2.48. The Morgan fingerprint density at radius 1 is 0.483 bits per heavy atom. The van der Waals surface area contributed by atoms with Gasteiger partial charge >= 0.3 is 0 Å². The average molecular weight is 771 g/mol. The summed E-state index contributed by atoms with van der Waals surface area (Å²) in [6, 6.07) is 63.6. The lowest BCUT2D eigenvalue weighted by Gasteiger charge is -2.31. The zero-order chi connectivity index (χ0) is 40.3. The number of allylic oxidation sites excluding steroid dienone is 4. The second-order valence-corrected chi connectivity index (χ2v) is 18.2. The van der Waals surface area contributed by atoms with E-state index in [1.165, 1.54) is 94.1 Å². The zero-order valence-corrected chi connectivity index (χ0v) is 34.5. The van der Waals surface area contributed by atoms with Gasteiger partial charge in [-0.05, 0) is 127 Å². The van der Waals surface area contributed by atoms with Gasteiger partial charge in [-0.3, -0.25) is 0 Å². The molecule has 2 atom stereocenters. The molecule has 9 aromatic rings. The lowest BCUT2D eigenvalue weighted by atomic mass is 9.74. The third-order valence-electron chi connectivity index (χ3n) is 14.3. The van der Waals surface area contributed by atoms with Crippen molar-refractivity contribution < 1.29 is 0 Å². The van der Waals surface area contributed by atoms with E-state index < -0.39 is 0 Å². The number of para-hydroxylation sites is 1. The predicted octanol–water partition coefficient (Wildman–Crippen LogP) is 15.5. The van der Waals surface area contributed by atoms with Crippen LogP contribution in [0.2, 0.25) is 0 Å². The average Bonchev–Trinajstić information content (AvgIpc) is 3.84. The predicted molar refractivity (Wildman–Crippen MR) is 254 cm³/mol. The lowest BCUT2D eigenvalue weighted by Crippen LogP contribution is -2.24. The molecule has 0 spiro atoms.